The minimum Gasteiger partial charge on any atom is -0.295 e. The molecule has 0 aromatic carbocycles. The summed E-state index contributed by atoms with van der Waals surface area (Å²) >= 11 is 6.22. The van der Waals surface area contributed by atoms with Crippen LogP contribution in [0.1, 0.15) is 45.7 Å². The number of ketones is 1. The van der Waals surface area contributed by atoms with Crippen LogP contribution in [-0.2, 0) is 11.3 Å². The topological polar surface area (TPSA) is 34.9 Å². The summed E-state index contributed by atoms with van der Waals surface area (Å²) in [7, 11) is 0. The second-order valence-corrected chi connectivity index (χ2v) is 6.13. The van der Waals surface area contributed by atoms with Crippen LogP contribution in [0.4, 0.5) is 0 Å². The smallest absolute Gasteiger partial charge is 0.156 e. The fraction of sp³-hybridized carbons (Fsp3) is 0.571. The molecule has 98 valence electrons. The molecule has 3 nitrogen and oxygen atoms in total. The van der Waals surface area contributed by atoms with E-state index in [9.17, 15) is 4.79 Å². The van der Waals surface area contributed by atoms with E-state index in [1.165, 1.54) is 0 Å². The maximum absolute atomic E-state index is 11.8. The highest BCUT2D eigenvalue weighted by atomic mass is 35.5. The molecule has 1 heterocycles. The lowest BCUT2D eigenvalue weighted by atomic mass is 9.76. The molecule has 0 N–H and O–H groups in total. The van der Waals surface area contributed by atoms with Crippen molar-refractivity contribution < 1.29 is 4.79 Å². The molecule has 0 amide bonds. The van der Waals surface area contributed by atoms with Crippen LogP contribution in [0.3, 0.4) is 0 Å². The summed E-state index contributed by atoms with van der Waals surface area (Å²) in [5, 5.41) is 4.93. The largest absolute Gasteiger partial charge is 0.295 e. The number of aryl methyl sites for hydroxylation is 1. The molecule has 1 aliphatic rings. The Hall–Kier alpha value is -1.09. The van der Waals surface area contributed by atoms with Crippen molar-refractivity contribution in [2.75, 3.05) is 0 Å². The Morgan fingerprint density at radius 1 is 1.44 bits per heavy atom. The zero-order chi connectivity index (χ0) is 13.3. The van der Waals surface area contributed by atoms with Crippen molar-refractivity contribution in [1.82, 2.24) is 9.78 Å². The van der Waals surface area contributed by atoms with Gasteiger partial charge in [0.1, 0.15) is 0 Å². The molecule has 0 atom stereocenters. The number of halogens is 1. The van der Waals surface area contributed by atoms with E-state index in [2.05, 4.69) is 25.9 Å². The van der Waals surface area contributed by atoms with Crippen LogP contribution in [0.15, 0.2) is 12.3 Å². The molecular formula is C14H19ClN2O. The third kappa shape index (κ3) is 2.66. The highest BCUT2D eigenvalue weighted by Gasteiger charge is 2.30. The Labute approximate surface area is 113 Å². The summed E-state index contributed by atoms with van der Waals surface area (Å²) in [5.74, 6) is 0.182. The molecule has 4 heteroatoms. The van der Waals surface area contributed by atoms with Crippen molar-refractivity contribution >= 4 is 23.0 Å². The molecule has 0 radical (unpaired) electrons. The van der Waals surface area contributed by atoms with Gasteiger partial charge in [-0.15, -0.1) is 0 Å². The van der Waals surface area contributed by atoms with Crippen molar-refractivity contribution in [3.8, 4) is 0 Å². The van der Waals surface area contributed by atoms with Crippen LogP contribution in [0.2, 0.25) is 5.02 Å². The fourth-order valence-corrected chi connectivity index (χ4v) is 2.82. The molecule has 0 saturated heterocycles. The normalized spacial score (nSPS) is 18.9. The van der Waals surface area contributed by atoms with E-state index < -0.39 is 0 Å². The first kappa shape index (κ1) is 13.3. The molecule has 0 fully saturated rings. The van der Waals surface area contributed by atoms with Crippen LogP contribution in [0.25, 0.3) is 5.57 Å². The molecule has 0 spiro atoms. The number of rotatable bonds is 3. The standard InChI is InChI=1S/C14H19ClN2O/c1-4-5-17-13(12(15)9-16-17)10-6-11(18)8-14(2,3)7-10/h6,9H,4-5,7-8H2,1-3H3. The lowest BCUT2D eigenvalue weighted by Gasteiger charge is -2.29. The average molecular weight is 267 g/mol. The number of aromatic nitrogens is 2. The minimum atomic E-state index is 0.00576. The van der Waals surface area contributed by atoms with E-state index in [-0.39, 0.29) is 11.2 Å². The Kier molecular flexibility index (Phi) is 3.62. The summed E-state index contributed by atoms with van der Waals surface area (Å²) in [6, 6.07) is 0. The Bertz CT molecular complexity index is 500. The Balaban J connectivity index is 2.42. The van der Waals surface area contributed by atoms with Gasteiger partial charge in [0.05, 0.1) is 16.9 Å². The number of carbonyl (C=O) groups excluding carboxylic acids is 1. The molecule has 0 unspecified atom stereocenters. The van der Waals surface area contributed by atoms with Gasteiger partial charge in [0, 0.05) is 13.0 Å². The summed E-state index contributed by atoms with van der Waals surface area (Å²) in [6.45, 7) is 7.16. The number of carbonyl (C=O) groups is 1. The van der Waals surface area contributed by atoms with Gasteiger partial charge in [-0.05, 0) is 29.9 Å². The maximum Gasteiger partial charge on any atom is 0.156 e. The van der Waals surface area contributed by atoms with Gasteiger partial charge < -0.3 is 0 Å². The Morgan fingerprint density at radius 3 is 2.78 bits per heavy atom. The van der Waals surface area contributed by atoms with Crippen molar-refractivity contribution in [2.45, 2.75) is 46.6 Å². The molecule has 0 saturated carbocycles. The first-order chi connectivity index (χ1) is 8.43. The lowest BCUT2D eigenvalue weighted by molar-refractivity contribution is -0.116. The lowest BCUT2D eigenvalue weighted by Crippen LogP contribution is -2.22. The summed E-state index contributed by atoms with van der Waals surface area (Å²) < 4.78 is 1.91. The van der Waals surface area contributed by atoms with Gasteiger partial charge in [0.15, 0.2) is 5.78 Å². The zero-order valence-electron chi connectivity index (χ0n) is 11.2. The molecular weight excluding hydrogens is 248 g/mol. The van der Waals surface area contributed by atoms with Crippen molar-refractivity contribution in [3.05, 3.63) is 23.0 Å². The minimum absolute atomic E-state index is 0.00576. The van der Waals surface area contributed by atoms with E-state index in [4.69, 9.17) is 11.6 Å². The molecule has 0 bridgehead atoms. The number of allylic oxidation sites excluding steroid dienone is 2. The van der Waals surface area contributed by atoms with Crippen LogP contribution in [0, 0.1) is 5.41 Å². The predicted octanol–water partition coefficient (Wildman–Crippen LogP) is 3.72. The maximum atomic E-state index is 11.8. The fourth-order valence-electron chi connectivity index (χ4n) is 2.56. The van der Waals surface area contributed by atoms with Crippen molar-refractivity contribution in [2.24, 2.45) is 5.41 Å². The van der Waals surface area contributed by atoms with Gasteiger partial charge in [-0.2, -0.15) is 5.10 Å². The van der Waals surface area contributed by atoms with E-state index in [0.717, 1.165) is 30.7 Å². The molecule has 2 rings (SSSR count). The number of nitrogens with zero attached hydrogens (tertiary/aromatic N) is 2. The summed E-state index contributed by atoms with van der Waals surface area (Å²) in [5.41, 5.74) is 1.94. The van der Waals surface area contributed by atoms with E-state index in [1.807, 2.05) is 4.68 Å². The van der Waals surface area contributed by atoms with Gasteiger partial charge in [-0.1, -0.05) is 32.4 Å². The van der Waals surface area contributed by atoms with Crippen LogP contribution in [0.5, 0.6) is 0 Å². The third-order valence-corrected chi connectivity index (χ3v) is 3.47. The van der Waals surface area contributed by atoms with Gasteiger partial charge in [-0.3, -0.25) is 9.48 Å². The van der Waals surface area contributed by atoms with Gasteiger partial charge >= 0.3 is 0 Å². The first-order valence-corrected chi connectivity index (χ1v) is 6.76. The Morgan fingerprint density at radius 2 is 2.17 bits per heavy atom. The summed E-state index contributed by atoms with van der Waals surface area (Å²) in [4.78, 5) is 11.8. The highest BCUT2D eigenvalue weighted by Crippen LogP contribution is 2.39. The van der Waals surface area contributed by atoms with Gasteiger partial charge in [-0.25, -0.2) is 0 Å². The van der Waals surface area contributed by atoms with E-state index >= 15 is 0 Å². The molecule has 0 aliphatic heterocycles. The van der Waals surface area contributed by atoms with Crippen LogP contribution >= 0.6 is 11.6 Å². The third-order valence-electron chi connectivity index (χ3n) is 3.19. The quantitative estimate of drug-likeness (QED) is 0.836. The van der Waals surface area contributed by atoms with Crippen LogP contribution < -0.4 is 0 Å². The van der Waals surface area contributed by atoms with Crippen LogP contribution in [-0.4, -0.2) is 15.6 Å². The van der Waals surface area contributed by atoms with Crippen molar-refractivity contribution in [3.63, 3.8) is 0 Å². The van der Waals surface area contributed by atoms with Gasteiger partial charge in [0.25, 0.3) is 0 Å². The summed E-state index contributed by atoms with van der Waals surface area (Å²) in [6.07, 6.45) is 5.87. The zero-order valence-corrected chi connectivity index (χ0v) is 11.9. The molecule has 1 aromatic rings. The SMILES string of the molecule is CCCn1ncc(Cl)c1C1=CC(=O)CC(C)(C)C1. The monoisotopic (exact) mass is 266 g/mol. The second kappa shape index (κ2) is 4.88. The van der Waals surface area contributed by atoms with Gasteiger partial charge in [0.2, 0.25) is 0 Å². The number of hydrogen-bond donors (Lipinski definition) is 0. The second-order valence-electron chi connectivity index (χ2n) is 5.72. The number of hydrogen-bond acceptors (Lipinski definition) is 2. The molecule has 1 aromatic heterocycles. The predicted molar refractivity (Wildman–Crippen MR) is 73.5 cm³/mol. The molecule has 1 aliphatic carbocycles. The van der Waals surface area contributed by atoms with E-state index in [0.29, 0.717) is 11.4 Å². The molecule has 18 heavy (non-hydrogen) atoms. The first-order valence-electron chi connectivity index (χ1n) is 6.38. The highest BCUT2D eigenvalue weighted by molar-refractivity contribution is 6.32. The van der Waals surface area contributed by atoms with E-state index in [1.54, 1.807) is 12.3 Å². The average Bonchev–Trinajstić information content (AvgIpc) is 2.57. The van der Waals surface area contributed by atoms with Crippen molar-refractivity contribution in [1.29, 1.82) is 0 Å².